The summed E-state index contributed by atoms with van der Waals surface area (Å²) in [5.74, 6) is 0.0109. The van der Waals surface area contributed by atoms with Gasteiger partial charge in [0.1, 0.15) is 0 Å². The summed E-state index contributed by atoms with van der Waals surface area (Å²) in [6, 6.07) is 17.7. The summed E-state index contributed by atoms with van der Waals surface area (Å²) in [5, 5.41) is 11.4. The van der Waals surface area contributed by atoms with Crippen LogP contribution >= 0.6 is 15.9 Å². The first-order valence-electron chi connectivity index (χ1n) is 8.14. The average Bonchev–Trinajstić information content (AvgIpc) is 3.14. The summed E-state index contributed by atoms with van der Waals surface area (Å²) in [4.78, 5) is 14.1. The van der Waals surface area contributed by atoms with E-state index in [1.165, 1.54) is 0 Å². The van der Waals surface area contributed by atoms with Gasteiger partial charge in [0.25, 0.3) is 0 Å². The third-order valence-corrected chi connectivity index (χ3v) is 4.70. The number of carbonyl (C=O) groups is 1. The molecule has 0 aliphatic carbocycles. The second kappa shape index (κ2) is 8.58. The van der Waals surface area contributed by atoms with Gasteiger partial charge in [-0.15, -0.1) is 0 Å². The SMILES string of the molecule is O=C(CCc1ccccc1Br)NC(Cn1nccn1)c1ccccc1. The third kappa shape index (κ3) is 5.00. The average molecular weight is 399 g/mol. The van der Waals surface area contributed by atoms with Gasteiger partial charge < -0.3 is 5.32 Å². The van der Waals surface area contributed by atoms with Crippen LogP contribution in [0, 0.1) is 0 Å². The summed E-state index contributed by atoms with van der Waals surface area (Å²) < 4.78 is 1.03. The van der Waals surface area contributed by atoms with E-state index in [9.17, 15) is 4.79 Å². The second-order valence-electron chi connectivity index (χ2n) is 5.71. The molecule has 6 heteroatoms. The van der Waals surface area contributed by atoms with E-state index in [1.807, 2.05) is 54.6 Å². The molecule has 1 unspecified atom stereocenters. The first-order valence-corrected chi connectivity index (χ1v) is 8.93. The second-order valence-corrected chi connectivity index (χ2v) is 6.56. The zero-order chi connectivity index (χ0) is 17.5. The molecule has 0 fully saturated rings. The van der Waals surface area contributed by atoms with Gasteiger partial charge in [-0.3, -0.25) is 4.79 Å². The summed E-state index contributed by atoms with van der Waals surface area (Å²) in [6.07, 6.45) is 4.39. The molecule has 0 saturated carbocycles. The number of hydrogen-bond donors (Lipinski definition) is 1. The van der Waals surface area contributed by atoms with Crippen molar-refractivity contribution in [1.82, 2.24) is 20.3 Å². The first-order chi connectivity index (χ1) is 12.2. The van der Waals surface area contributed by atoms with Crippen LogP contribution in [0.1, 0.15) is 23.6 Å². The van der Waals surface area contributed by atoms with Crippen LogP contribution in [-0.4, -0.2) is 20.9 Å². The molecule has 0 radical (unpaired) electrons. The lowest BCUT2D eigenvalue weighted by Gasteiger charge is -2.19. The Morgan fingerprint density at radius 3 is 2.44 bits per heavy atom. The van der Waals surface area contributed by atoms with Crippen molar-refractivity contribution in [2.45, 2.75) is 25.4 Å². The molecule has 0 spiro atoms. The number of aryl methyl sites for hydroxylation is 1. The standard InChI is InChI=1S/C19H19BrN4O/c20-17-9-5-4-6-15(17)10-11-19(25)23-18(14-24-21-12-13-22-24)16-7-2-1-3-8-16/h1-9,12-13,18H,10-11,14H2,(H,23,25). The molecule has 5 nitrogen and oxygen atoms in total. The van der Waals surface area contributed by atoms with Gasteiger partial charge >= 0.3 is 0 Å². The van der Waals surface area contributed by atoms with Gasteiger partial charge in [0.2, 0.25) is 5.91 Å². The Labute approximate surface area is 155 Å². The minimum atomic E-state index is -0.166. The van der Waals surface area contributed by atoms with Crippen LogP contribution < -0.4 is 5.32 Å². The number of aromatic nitrogens is 3. The van der Waals surface area contributed by atoms with Crippen molar-refractivity contribution in [2.75, 3.05) is 0 Å². The molecule has 1 heterocycles. The fraction of sp³-hybridized carbons (Fsp3) is 0.211. The minimum absolute atomic E-state index is 0.0109. The van der Waals surface area contributed by atoms with Crippen molar-refractivity contribution in [2.24, 2.45) is 0 Å². The molecule has 3 aromatic rings. The molecule has 0 aliphatic heterocycles. The van der Waals surface area contributed by atoms with Crippen LogP contribution in [-0.2, 0) is 17.8 Å². The highest BCUT2D eigenvalue weighted by Crippen LogP contribution is 2.18. The van der Waals surface area contributed by atoms with Crippen molar-refractivity contribution >= 4 is 21.8 Å². The van der Waals surface area contributed by atoms with Crippen molar-refractivity contribution in [1.29, 1.82) is 0 Å². The van der Waals surface area contributed by atoms with Crippen LogP contribution in [0.15, 0.2) is 71.5 Å². The van der Waals surface area contributed by atoms with Gasteiger partial charge in [0, 0.05) is 10.9 Å². The van der Waals surface area contributed by atoms with Crippen molar-refractivity contribution in [3.8, 4) is 0 Å². The monoisotopic (exact) mass is 398 g/mol. The summed E-state index contributed by atoms with van der Waals surface area (Å²) in [7, 11) is 0. The van der Waals surface area contributed by atoms with Gasteiger partial charge in [-0.25, -0.2) is 0 Å². The lowest BCUT2D eigenvalue weighted by molar-refractivity contribution is -0.121. The number of amides is 1. The van der Waals surface area contributed by atoms with Crippen LogP contribution in [0.3, 0.4) is 0 Å². The molecule has 1 atom stereocenters. The first kappa shape index (κ1) is 17.4. The molecule has 1 aromatic heterocycles. The molecule has 1 N–H and O–H groups in total. The Morgan fingerprint density at radius 1 is 1.04 bits per heavy atom. The Morgan fingerprint density at radius 2 is 1.72 bits per heavy atom. The van der Waals surface area contributed by atoms with Gasteiger partial charge in [0.15, 0.2) is 0 Å². The molecule has 0 saturated heterocycles. The molecule has 0 aliphatic rings. The number of rotatable bonds is 7. The van der Waals surface area contributed by atoms with E-state index in [4.69, 9.17) is 0 Å². The normalized spacial score (nSPS) is 11.9. The largest absolute Gasteiger partial charge is 0.347 e. The number of nitrogens with one attached hydrogen (secondary N) is 1. The zero-order valence-electron chi connectivity index (χ0n) is 13.7. The maximum Gasteiger partial charge on any atom is 0.220 e. The molecular weight excluding hydrogens is 380 g/mol. The maximum atomic E-state index is 12.5. The van der Waals surface area contributed by atoms with Gasteiger partial charge in [0.05, 0.1) is 25.0 Å². The highest BCUT2D eigenvalue weighted by atomic mass is 79.9. The summed E-state index contributed by atoms with van der Waals surface area (Å²) in [5.41, 5.74) is 2.16. The van der Waals surface area contributed by atoms with E-state index in [2.05, 4.69) is 31.4 Å². The summed E-state index contributed by atoms with van der Waals surface area (Å²) in [6.45, 7) is 0.498. The van der Waals surface area contributed by atoms with E-state index in [-0.39, 0.29) is 11.9 Å². The molecular formula is C19H19BrN4O. The predicted octanol–water partition coefficient (Wildman–Crippen LogP) is 3.53. The van der Waals surface area contributed by atoms with Crippen LogP contribution in [0.4, 0.5) is 0 Å². The Kier molecular flexibility index (Phi) is 5.95. The van der Waals surface area contributed by atoms with E-state index in [0.717, 1.165) is 15.6 Å². The van der Waals surface area contributed by atoms with E-state index in [0.29, 0.717) is 19.4 Å². The fourth-order valence-corrected chi connectivity index (χ4v) is 3.12. The van der Waals surface area contributed by atoms with Crippen molar-refractivity contribution in [3.63, 3.8) is 0 Å². The van der Waals surface area contributed by atoms with Gasteiger partial charge in [-0.05, 0) is 23.6 Å². The number of benzene rings is 2. The summed E-state index contributed by atoms with van der Waals surface area (Å²) >= 11 is 3.52. The Hall–Kier alpha value is -2.47. The quantitative estimate of drug-likeness (QED) is 0.661. The predicted molar refractivity (Wildman–Crippen MR) is 99.8 cm³/mol. The van der Waals surface area contributed by atoms with Gasteiger partial charge in [-0.2, -0.15) is 15.0 Å². The van der Waals surface area contributed by atoms with Crippen LogP contribution in [0.2, 0.25) is 0 Å². The van der Waals surface area contributed by atoms with E-state index < -0.39 is 0 Å². The number of halogens is 1. The van der Waals surface area contributed by atoms with Crippen LogP contribution in [0.25, 0.3) is 0 Å². The maximum absolute atomic E-state index is 12.5. The third-order valence-electron chi connectivity index (χ3n) is 3.93. The molecule has 2 aromatic carbocycles. The highest BCUT2D eigenvalue weighted by Gasteiger charge is 2.16. The fourth-order valence-electron chi connectivity index (χ4n) is 2.64. The highest BCUT2D eigenvalue weighted by molar-refractivity contribution is 9.10. The smallest absolute Gasteiger partial charge is 0.220 e. The van der Waals surface area contributed by atoms with E-state index >= 15 is 0 Å². The lowest BCUT2D eigenvalue weighted by Crippen LogP contribution is -2.32. The Bertz CT molecular complexity index is 805. The minimum Gasteiger partial charge on any atom is -0.347 e. The molecule has 0 bridgehead atoms. The number of nitrogens with zero attached hydrogens (tertiary/aromatic N) is 3. The molecule has 25 heavy (non-hydrogen) atoms. The lowest BCUT2D eigenvalue weighted by atomic mass is 10.1. The molecule has 128 valence electrons. The molecule has 1 amide bonds. The van der Waals surface area contributed by atoms with Crippen molar-refractivity contribution in [3.05, 3.63) is 82.6 Å². The number of carbonyl (C=O) groups excluding carboxylic acids is 1. The van der Waals surface area contributed by atoms with E-state index in [1.54, 1.807) is 17.2 Å². The van der Waals surface area contributed by atoms with Gasteiger partial charge in [-0.1, -0.05) is 64.5 Å². The number of hydrogen-bond acceptors (Lipinski definition) is 3. The Balaban J connectivity index is 1.65. The van der Waals surface area contributed by atoms with Crippen LogP contribution in [0.5, 0.6) is 0 Å². The molecule has 3 rings (SSSR count). The van der Waals surface area contributed by atoms with Crippen molar-refractivity contribution < 1.29 is 4.79 Å². The zero-order valence-corrected chi connectivity index (χ0v) is 15.3. The topological polar surface area (TPSA) is 59.8 Å².